The minimum Gasteiger partial charge on any atom is -0.768 e. The first-order chi connectivity index (χ1) is 8.25. The standard InChI is InChI=1S/C11H12N2O3S.Na/c14-17(15)11-4-2-10(3-5-11)16-9-8-13-7-1-6-12-13;/h1-7H,8-9H2,(H,14,15);/q;+1/p-1. The number of aromatic nitrogens is 2. The summed E-state index contributed by atoms with van der Waals surface area (Å²) in [7, 11) is 0. The second-order valence-electron chi connectivity index (χ2n) is 3.32. The molecule has 1 aromatic heterocycles. The van der Waals surface area contributed by atoms with Crippen LogP contribution in [0.3, 0.4) is 0 Å². The number of nitrogens with zero attached hydrogens (tertiary/aromatic N) is 2. The molecule has 1 atom stereocenters. The van der Waals surface area contributed by atoms with Gasteiger partial charge in [0, 0.05) is 17.3 Å². The number of ether oxygens (including phenoxy) is 1. The Balaban J connectivity index is 0.00000162. The zero-order valence-electron chi connectivity index (χ0n) is 9.98. The van der Waals surface area contributed by atoms with Gasteiger partial charge in [0.1, 0.15) is 12.4 Å². The average molecular weight is 274 g/mol. The van der Waals surface area contributed by atoms with Crippen molar-refractivity contribution in [1.82, 2.24) is 9.78 Å². The van der Waals surface area contributed by atoms with Crippen molar-refractivity contribution in [3.05, 3.63) is 42.7 Å². The Hall–Kier alpha value is -0.660. The van der Waals surface area contributed by atoms with E-state index in [0.29, 0.717) is 18.9 Å². The third kappa shape index (κ3) is 4.55. The summed E-state index contributed by atoms with van der Waals surface area (Å²) in [6, 6.07) is 8.12. The molecule has 0 bridgehead atoms. The molecule has 0 saturated carbocycles. The number of rotatable bonds is 5. The van der Waals surface area contributed by atoms with Crippen molar-refractivity contribution in [1.29, 1.82) is 0 Å². The van der Waals surface area contributed by atoms with Crippen LogP contribution < -0.4 is 34.3 Å². The molecule has 2 aromatic rings. The summed E-state index contributed by atoms with van der Waals surface area (Å²) in [6.45, 7) is 1.14. The maximum Gasteiger partial charge on any atom is 1.00 e. The Labute approximate surface area is 130 Å². The molecule has 1 unspecified atom stereocenters. The molecule has 18 heavy (non-hydrogen) atoms. The van der Waals surface area contributed by atoms with Crippen LogP contribution in [0.1, 0.15) is 0 Å². The molecule has 0 aliphatic rings. The van der Waals surface area contributed by atoms with Crippen molar-refractivity contribution in [2.45, 2.75) is 11.4 Å². The second kappa shape index (κ2) is 7.70. The van der Waals surface area contributed by atoms with Gasteiger partial charge >= 0.3 is 29.6 Å². The predicted octanol–water partition coefficient (Wildman–Crippen LogP) is -1.80. The van der Waals surface area contributed by atoms with Gasteiger partial charge in [0.2, 0.25) is 0 Å². The molecule has 0 spiro atoms. The summed E-state index contributed by atoms with van der Waals surface area (Å²) < 4.78 is 28.5. The Kier molecular flexibility index (Phi) is 6.59. The van der Waals surface area contributed by atoms with Crippen molar-refractivity contribution in [2.75, 3.05) is 6.61 Å². The van der Waals surface area contributed by atoms with E-state index >= 15 is 0 Å². The molecule has 0 aliphatic heterocycles. The molecule has 1 heterocycles. The molecule has 7 heteroatoms. The van der Waals surface area contributed by atoms with Crippen LogP contribution >= 0.6 is 0 Å². The monoisotopic (exact) mass is 274 g/mol. The van der Waals surface area contributed by atoms with Crippen LogP contribution in [0.25, 0.3) is 0 Å². The average Bonchev–Trinajstić information content (AvgIpc) is 2.83. The topological polar surface area (TPSA) is 67.2 Å². The van der Waals surface area contributed by atoms with E-state index in [9.17, 15) is 8.76 Å². The van der Waals surface area contributed by atoms with Crippen molar-refractivity contribution >= 4 is 11.1 Å². The van der Waals surface area contributed by atoms with E-state index in [1.54, 1.807) is 23.0 Å². The van der Waals surface area contributed by atoms with Gasteiger partial charge in [0.05, 0.1) is 6.54 Å². The van der Waals surface area contributed by atoms with Gasteiger partial charge in [-0.15, -0.1) is 0 Å². The van der Waals surface area contributed by atoms with Gasteiger partial charge in [0.25, 0.3) is 0 Å². The summed E-state index contributed by atoms with van der Waals surface area (Å²) in [5, 5.41) is 4.04. The van der Waals surface area contributed by atoms with Crippen molar-refractivity contribution < 1.29 is 43.1 Å². The fourth-order valence-corrected chi connectivity index (χ4v) is 1.70. The molecule has 0 radical (unpaired) electrons. The van der Waals surface area contributed by atoms with Crippen LogP contribution in [0, 0.1) is 0 Å². The Morgan fingerprint density at radius 1 is 1.33 bits per heavy atom. The van der Waals surface area contributed by atoms with Gasteiger partial charge in [-0.3, -0.25) is 8.89 Å². The van der Waals surface area contributed by atoms with Crippen molar-refractivity contribution in [3.8, 4) is 5.75 Å². The fraction of sp³-hybridized carbons (Fsp3) is 0.182. The minimum atomic E-state index is -2.19. The zero-order valence-corrected chi connectivity index (χ0v) is 12.8. The van der Waals surface area contributed by atoms with Crippen LogP contribution in [0.2, 0.25) is 0 Å². The first-order valence-electron chi connectivity index (χ1n) is 5.05. The van der Waals surface area contributed by atoms with E-state index in [-0.39, 0.29) is 34.5 Å². The number of hydrogen-bond donors (Lipinski definition) is 0. The second-order valence-corrected chi connectivity index (χ2v) is 4.26. The first kappa shape index (κ1) is 15.4. The maximum absolute atomic E-state index is 10.6. The predicted molar refractivity (Wildman–Crippen MR) is 61.3 cm³/mol. The van der Waals surface area contributed by atoms with E-state index in [2.05, 4.69) is 5.10 Å². The maximum atomic E-state index is 10.6. The van der Waals surface area contributed by atoms with Gasteiger partial charge < -0.3 is 9.29 Å². The van der Waals surface area contributed by atoms with E-state index in [4.69, 9.17) is 4.74 Å². The molecule has 0 N–H and O–H groups in total. The van der Waals surface area contributed by atoms with Crippen molar-refractivity contribution in [3.63, 3.8) is 0 Å². The first-order valence-corrected chi connectivity index (χ1v) is 6.13. The van der Waals surface area contributed by atoms with Crippen LogP contribution in [0.4, 0.5) is 0 Å². The molecular weight excluding hydrogens is 263 g/mol. The minimum absolute atomic E-state index is 0. The smallest absolute Gasteiger partial charge is 0.768 e. The fourth-order valence-electron chi connectivity index (χ4n) is 1.34. The SMILES string of the molecule is O=S([O-])c1ccc(OCCn2cccn2)cc1.[Na+]. The molecule has 90 valence electrons. The van der Waals surface area contributed by atoms with Crippen molar-refractivity contribution in [2.24, 2.45) is 0 Å². The summed E-state index contributed by atoms with van der Waals surface area (Å²) >= 11 is -2.19. The van der Waals surface area contributed by atoms with E-state index < -0.39 is 11.1 Å². The van der Waals surface area contributed by atoms with Gasteiger partial charge in [0.15, 0.2) is 0 Å². The zero-order chi connectivity index (χ0) is 12.1. The summed E-state index contributed by atoms with van der Waals surface area (Å²) in [4.78, 5) is 0.254. The van der Waals surface area contributed by atoms with E-state index in [1.807, 2.05) is 12.3 Å². The van der Waals surface area contributed by atoms with Crippen LogP contribution in [0.15, 0.2) is 47.6 Å². The third-order valence-electron chi connectivity index (χ3n) is 2.16. The van der Waals surface area contributed by atoms with Gasteiger partial charge in [-0.2, -0.15) is 5.10 Å². The van der Waals surface area contributed by atoms with Crippen LogP contribution in [0.5, 0.6) is 5.75 Å². The number of benzene rings is 1. The van der Waals surface area contributed by atoms with Gasteiger partial charge in [-0.05, 0) is 41.4 Å². The Morgan fingerprint density at radius 3 is 2.61 bits per heavy atom. The largest absolute Gasteiger partial charge is 1.00 e. The normalized spacial score (nSPS) is 11.6. The summed E-state index contributed by atoms with van der Waals surface area (Å²) in [5.41, 5.74) is 0. The molecule has 1 aromatic carbocycles. The Bertz CT molecular complexity index is 487. The van der Waals surface area contributed by atoms with Crippen LogP contribution in [-0.4, -0.2) is 25.1 Å². The number of hydrogen-bond acceptors (Lipinski definition) is 4. The molecular formula is C11H11N2NaO3S. The van der Waals surface area contributed by atoms with Gasteiger partial charge in [-0.25, -0.2) is 0 Å². The molecule has 0 fully saturated rings. The summed E-state index contributed by atoms with van der Waals surface area (Å²) in [6.07, 6.45) is 3.56. The molecule has 0 amide bonds. The molecule has 0 saturated heterocycles. The molecule has 2 rings (SSSR count). The molecule has 0 aliphatic carbocycles. The quantitative estimate of drug-likeness (QED) is 0.477. The third-order valence-corrected chi connectivity index (χ3v) is 2.82. The van der Waals surface area contributed by atoms with Crippen LogP contribution in [-0.2, 0) is 17.6 Å². The van der Waals surface area contributed by atoms with Gasteiger partial charge in [-0.1, -0.05) is 0 Å². The Morgan fingerprint density at radius 2 is 2.06 bits per heavy atom. The molecule has 5 nitrogen and oxygen atoms in total. The van der Waals surface area contributed by atoms with E-state index in [0.717, 1.165) is 0 Å². The summed E-state index contributed by atoms with van der Waals surface area (Å²) in [5.74, 6) is 0.645. The van der Waals surface area contributed by atoms with E-state index in [1.165, 1.54) is 12.1 Å².